The molecule has 0 amide bonds. The van der Waals surface area contributed by atoms with Gasteiger partial charge in [0, 0.05) is 17.6 Å². The average Bonchev–Trinajstić information content (AvgIpc) is 2.68. The predicted octanol–water partition coefficient (Wildman–Crippen LogP) is 3.45. The molecular weight excluding hydrogens is 348 g/mol. The van der Waals surface area contributed by atoms with E-state index >= 15 is 0 Å². The highest BCUT2D eigenvalue weighted by molar-refractivity contribution is 5.90. The summed E-state index contributed by atoms with van der Waals surface area (Å²) in [5.74, 6) is -0.548. The topological polar surface area (TPSA) is 113 Å². The van der Waals surface area contributed by atoms with Crippen LogP contribution in [0.1, 0.15) is 20.7 Å². The number of esters is 1. The van der Waals surface area contributed by atoms with Gasteiger partial charge in [-0.05, 0) is 48.5 Å². The number of benzene rings is 2. The number of hydrogen-bond acceptors (Lipinski definition) is 7. The molecule has 0 aliphatic heterocycles. The molecule has 0 aliphatic carbocycles. The van der Waals surface area contributed by atoms with Gasteiger partial charge in [0.15, 0.2) is 0 Å². The summed E-state index contributed by atoms with van der Waals surface area (Å²) in [5.41, 5.74) is 1.95. The fourth-order valence-electron chi connectivity index (χ4n) is 2.30. The number of methoxy groups -OCH3 is 1. The molecule has 0 radical (unpaired) electrons. The third kappa shape index (κ3) is 4.57. The van der Waals surface area contributed by atoms with Crippen LogP contribution in [0, 0.1) is 0 Å². The average molecular weight is 364 g/mol. The minimum absolute atomic E-state index is 0.205. The van der Waals surface area contributed by atoms with Crippen molar-refractivity contribution in [3.05, 3.63) is 71.9 Å². The van der Waals surface area contributed by atoms with Crippen molar-refractivity contribution in [1.82, 2.24) is 9.97 Å². The molecule has 8 nitrogen and oxygen atoms in total. The Morgan fingerprint density at radius 1 is 0.963 bits per heavy atom. The number of aromatic nitrogens is 2. The molecule has 0 unspecified atom stereocenters. The minimum Gasteiger partial charge on any atom is -0.478 e. The van der Waals surface area contributed by atoms with Crippen LogP contribution in [0.3, 0.4) is 0 Å². The molecule has 3 N–H and O–H groups in total. The van der Waals surface area contributed by atoms with Crippen LogP contribution in [0.25, 0.3) is 0 Å². The maximum Gasteiger partial charge on any atom is 0.337 e. The van der Waals surface area contributed by atoms with Crippen LogP contribution >= 0.6 is 0 Å². The first-order valence-corrected chi connectivity index (χ1v) is 7.94. The van der Waals surface area contributed by atoms with Gasteiger partial charge in [-0.25, -0.2) is 14.6 Å². The Labute approximate surface area is 154 Å². The summed E-state index contributed by atoms with van der Waals surface area (Å²) in [6, 6.07) is 14.8. The van der Waals surface area contributed by atoms with Crippen molar-refractivity contribution in [2.24, 2.45) is 0 Å². The summed E-state index contributed by atoms with van der Waals surface area (Å²) in [6.45, 7) is 0. The fraction of sp³-hybridized carbons (Fsp3) is 0.0526. The minimum atomic E-state index is -0.982. The van der Waals surface area contributed by atoms with Gasteiger partial charge in [0.25, 0.3) is 0 Å². The zero-order chi connectivity index (χ0) is 19.2. The number of aromatic carboxylic acids is 1. The maximum atomic E-state index is 11.6. The van der Waals surface area contributed by atoms with Crippen LogP contribution in [0.2, 0.25) is 0 Å². The summed E-state index contributed by atoms with van der Waals surface area (Å²) in [6.07, 6.45) is 1.58. The molecule has 0 spiro atoms. The Hall–Kier alpha value is -3.94. The molecule has 0 atom stereocenters. The van der Waals surface area contributed by atoms with E-state index in [0.717, 1.165) is 0 Å². The molecule has 3 rings (SSSR count). The van der Waals surface area contributed by atoms with Gasteiger partial charge in [0.2, 0.25) is 5.95 Å². The Kier molecular flexibility index (Phi) is 5.27. The first-order chi connectivity index (χ1) is 13.0. The number of hydrogen-bond donors (Lipinski definition) is 3. The Balaban J connectivity index is 1.74. The number of nitrogens with one attached hydrogen (secondary N) is 2. The Morgan fingerprint density at radius 2 is 1.74 bits per heavy atom. The highest BCUT2D eigenvalue weighted by Crippen LogP contribution is 2.19. The van der Waals surface area contributed by atoms with Gasteiger partial charge in [-0.1, -0.05) is 6.07 Å². The fourth-order valence-corrected chi connectivity index (χ4v) is 2.30. The van der Waals surface area contributed by atoms with E-state index in [2.05, 4.69) is 20.6 Å². The lowest BCUT2D eigenvalue weighted by molar-refractivity contribution is 0.0600. The van der Waals surface area contributed by atoms with E-state index in [9.17, 15) is 9.59 Å². The smallest absolute Gasteiger partial charge is 0.337 e. The molecule has 3 aromatic rings. The predicted molar refractivity (Wildman–Crippen MR) is 99.8 cm³/mol. The number of carboxylic acids is 1. The molecule has 8 heteroatoms. The van der Waals surface area contributed by atoms with E-state index in [1.54, 1.807) is 48.7 Å². The van der Waals surface area contributed by atoms with Gasteiger partial charge in [-0.3, -0.25) is 0 Å². The van der Waals surface area contributed by atoms with Crippen molar-refractivity contribution in [3.8, 4) is 0 Å². The van der Waals surface area contributed by atoms with Crippen molar-refractivity contribution in [3.63, 3.8) is 0 Å². The van der Waals surface area contributed by atoms with Gasteiger partial charge in [-0.15, -0.1) is 0 Å². The lowest BCUT2D eigenvalue weighted by atomic mass is 10.2. The molecule has 1 aromatic heterocycles. The van der Waals surface area contributed by atoms with Gasteiger partial charge in [0.05, 0.1) is 18.2 Å². The van der Waals surface area contributed by atoms with Crippen LogP contribution in [0.15, 0.2) is 60.8 Å². The summed E-state index contributed by atoms with van der Waals surface area (Å²) >= 11 is 0. The van der Waals surface area contributed by atoms with Crippen molar-refractivity contribution in [2.45, 2.75) is 0 Å². The molecule has 136 valence electrons. The molecule has 0 saturated heterocycles. The van der Waals surface area contributed by atoms with Crippen LogP contribution in [0.4, 0.5) is 23.1 Å². The van der Waals surface area contributed by atoms with Crippen LogP contribution in [0.5, 0.6) is 0 Å². The third-order valence-corrected chi connectivity index (χ3v) is 3.60. The van der Waals surface area contributed by atoms with Crippen molar-refractivity contribution >= 4 is 35.1 Å². The first-order valence-electron chi connectivity index (χ1n) is 7.94. The van der Waals surface area contributed by atoms with E-state index in [1.807, 2.05) is 0 Å². The molecule has 0 bridgehead atoms. The third-order valence-electron chi connectivity index (χ3n) is 3.60. The van der Waals surface area contributed by atoms with Crippen molar-refractivity contribution in [2.75, 3.05) is 17.7 Å². The summed E-state index contributed by atoms with van der Waals surface area (Å²) in [4.78, 5) is 31.0. The summed E-state index contributed by atoms with van der Waals surface area (Å²) < 4.78 is 4.71. The Morgan fingerprint density at radius 3 is 2.44 bits per heavy atom. The van der Waals surface area contributed by atoms with Crippen LogP contribution in [-0.4, -0.2) is 34.1 Å². The van der Waals surface area contributed by atoms with Gasteiger partial charge >= 0.3 is 11.9 Å². The van der Waals surface area contributed by atoms with E-state index in [1.165, 1.54) is 19.2 Å². The number of anilines is 4. The Bertz CT molecular complexity index is 973. The number of nitrogens with zero attached hydrogens (tertiary/aromatic N) is 2. The zero-order valence-corrected chi connectivity index (χ0v) is 14.3. The molecular formula is C19H16N4O4. The second-order valence-corrected chi connectivity index (χ2v) is 5.47. The molecule has 0 saturated carbocycles. The molecule has 0 fully saturated rings. The van der Waals surface area contributed by atoms with E-state index in [-0.39, 0.29) is 5.56 Å². The van der Waals surface area contributed by atoms with Crippen LogP contribution in [-0.2, 0) is 4.74 Å². The molecule has 1 heterocycles. The van der Waals surface area contributed by atoms with Gasteiger partial charge in [0.1, 0.15) is 5.82 Å². The van der Waals surface area contributed by atoms with Crippen LogP contribution < -0.4 is 10.6 Å². The van der Waals surface area contributed by atoms with E-state index < -0.39 is 11.9 Å². The quantitative estimate of drug-likeness (QED) is 0.570. The highest BCUT2D eigenvalue weighted by atomic mass is 16.5. The van der Waals surface area contributed by atoms with Crippen molar-refractivity contribution in [1.29, 1.82) is 0 Å². The van der Waals surface area contributed by atoms with Gasteiger partial charge in [-0.2, -0.15) is 4.98 Å². The molecule has 0 aliphatic rings. The second-order valence-electron chi connectivity index (χ2n) is 5.47. The van der Waals surface area contributed by atoms with Crippen molar-refractivity contribution < 1.29 is 19.4 Å². The SMILES string of the molecule is COC(=O)c1cccc(Nc2nccc(Nc3ccc(C(=O)O)cc3)n2)c1. The lowest BCUT2D eigenvalue weighted by Crippen LogP contribution is -2.03. The largest absolute Gasteiger partial charge is 0.478 e. The lowest BCUT2D eigenvalue weighted by Gasteiger charge is -2.09. The van der Waals surface area contributed by atoms with E-state index in [4.69, 9.17) is 9.84 Å². The highest BCUT2D eigenvalue weighted by Gasteiger charge is 2.07. The van der Waals surface area contributed by atoms with E-state index in [0.29, 0.717) is 28.7 Å². The number of carbonyl (C=O) groups is 2. The summed E-state index contributed by atoms with van der Waals surface area (Å²) in [5, 5.41) is 15.0. The standard InChI is InChI=1S/C19H16N4O4/c1-27-18(26)13-3-2-4-15(11-13)22-19-20-10-9-16(23-19)21-14-7-5-12(6-8-14)17(24)25/h2-11H,1H3,(H,24,25)(H2,20,21,22,23). The summed E-state index contributed by atoms with van der Waals surface area (Å²) in [7, 11) is 1.32. The maximum absolute atomic E-state index is 11.6. The monoisotopic (exact) mass is 364 g/mol. The molecule has 27 heavy (non-hydrogen) atoms. The normalized spacial score (nSPS) is 10.1. The zero-order valence-electron chi connectivity index (χ0n) is 14.3. The molecule has 2 aromatic carbocycles. The second kappa shape index (κ2) is 7.96. The number of ether oxygens (including phenoxy) is 1. The first kappa shape index (κ1) is 17.9. The number of carbonyl (C=O) groups excluding carboxylic acids is 1. The van der Waals surface area contributed by atoms with Gasteiger partial charge < -0.3 is 20.5 Å². The number of rotatable bonds is 6. The number of carboxylic acid groups (broad SMARTS) is 1.